The Bertz CT molecular complexity index is 1350. The van der Waals surface area contributed by atoms with Crippen molar-refractivity contribution >= 4 is 22.5 Å². The zero-order valence-electron chi connectivity index (χ0n) is 20.0. The van der Waals surface area contributed by atoms with Crippen LogP contribution in [-0.4, -0.2) is 53.5 Å². The first kappa shape index (κ1) is 24.7. The molecule has 5 rings (SSSR count). The van der Waals surface area contributed by atoms with E-state index in [1.54, 1.807) is 24.4 Å². The third-order valence-corrected chi connectivity index (χ3v) is 6.68. The highest BCUT2D eigenvalue weighted by molar-refractivity contribution is 6.06. The normalized spacial score (nSPS) is 15.5. The number of piperazine rings is 1. The van der Waals surface area contributed by atoms with Gasteiger partial charge in [-0.2, -0.15) is 13.2 Å². The predicted octanol–water partition coefficient (Wildman–Crippen LogP) is 4.94. The molecule has 0 radical (unpaired) electrons. The summed E-state index contributed by atoms with van der Waals surface area (Å²) >= 11 is 0. The number of carbonyl (C=O) groups is 1. The molecule has 1 saturated heterocycles. The Morgan fingerprint density at radius 1 is 0.892 bits per heavy atom. The number of pyridine rings is 2. The van der Waals surface area contributed by atoms with Gasteiger partial charge < -0.3 is 10.2 Å². The fraction of sp³-hybridized carbons (Fsp3) is 0.250. The zero-order chi connectivity index (χ0) is 25.8. The van der Waals surface area contributed by atoms with Gasteiger partial charge in [-0.05, 0) is 42.0 Å². The summed E-state index contributed by atoms with van der Waals surface area (Å²) in [5.74, 6) is -0.258. The van der Waals surface area contributed by atoms with E-state index < -0.39 is 11.9 Å². The molecule has 0 saturated carbocycles. The Hall–Kier alpha value is -3.98. The topological polar surface area (TPSA) is 61.4 Å². The maximum atomic E-state index is 13.2. The van der Waals surface area contributed by atoms with Crippen LogP contribution >= 0.6 is 0 Å². The van der Waals surface area contributed by atoms with Crippen LogP contribution in [-0.2, 0) is 6.18 Å². The van der Waals surface area contributed by atoms with Gasteiger partial charge in [-0.1, -0.05) is 36.4 Å². The molecule has 37 heavy (non-hydrogen) atoms. The summed E-state index contributed by atoms with van der Waals surface area (Å²) in [5, 5.41) is 3.75. The number of hydrogen-bond acceptors (Lipinski definition) is 5. The number of aromatic nitrogens is 2. The third-order valence-electron chi connectivity index (χ3n) is 6.68. The second-order valence-corrected chi connectivity index (χ2v) is 8.93. The van der Waals surface area contributed by atoms with Crippen LogP contribution in [0, 0.1) is 0 Å². The second kappa shape index (κ2) is 10.6. The summed E-state index contributed by atoms with van der Waals surface area (Å²) in [6.45, 7) is 3.13. The van der Waals surface area contributed by atoms with Gasteiger partial charge in [0.05, 0.1) is 11.6 Å². The minimum absolute atomic E-state index is 0.230. The van der Waals surface area contributed by atoms with Crippen molar-refractivity contribution in [1.82, 2.24) is 20.2 Å². The number of para-hydroxylation sites is 1. The van der Waals surface area contributed by atoms with E-state index in [0.717, 1.165) is 35.7 Å². The van der Waals surface area contributed by atoms with Crippen molar-refractivity contribution in [3.05, 3.63) is 102 Å². The Kier molecular flexibility index (Phi) is 7.05. The average molecular weight is 506 g/mol. The van der Waals surface area contributed by atoms with Gasteiger partial charge >= 0.3 is 6.18 Å². The maximum Gasteiger partial charge on any atom is 0.433 e. The molecule has 2 aromatic heterocycles. The Labute approximate surface area is 212 Å². The number of nitrogens with one attached hydrogen (secondary N) is 1. The quantitative estimate of drug-likeness (QED) is 0.402. The van der Waals surface area contributed by atoms with Gasteiger partial charge in [0, 0.05) is 61.8 Å². The molecule has 3 heterocycles. The molecule has 1 atom stereocenters. The minimum atomic E-state index is -4.51. The minimum Gasteiger partial charge on any atom is -0.369 e. The van der Waals surface area contributed by atoms with Crippen molar-refractivity contribution in [3.63, 3.8) is 0 Å². The van der Waals surface area contributed by atoms with E-state index in [4.69, 9.17) is 0 Å². The van der Waals surface area contributed by atoms with Crippen LogP contribution in [0.25, 0.3) is 10.9 Å². The van der Waals surface area contributed by atoms with E-state index in [1.165, 1.54) is 12.3 Å². The van der Waals surface area contributed by atoms with Crippen molar-refractivity contribution < 1.29 is 18.0 Å². The first-order valence-corrected chi connectivity index (χ1v) is 12.1. The van der Waals surface area contributed by atoms with Gasteiger partial charge in [-0.15, -0.1) is 0 Å². The van der Waals surface area contributed by atoms with Crippen LogP contribution < -0.4 is 10.2 Å². The van der Waals surface area contributed by atoms with Crippen LogP contribution in [0.1, 0.15) is 27.7 Å². The lowest BCUT2D eigenvalue weighted by Crippen LogP contribution is -2.50. The molecule has 1 fully saturated rings. The van der Waals surface area contributed by atoms with Crippen molar-refractivity contribution in [3.8, 4) is 0 Å². The van der Waals surface area contributed by atoms with Crippen molar-refractivity contribution in [2.75, 3.05) is 37.6 Å². The van der Waals surface area contributed by atoms with Gasteiger partial charge in [0.15, 0.2) is 0 Å². The fourth-order valence-corrected chi connectivity index (χ4v) is 4.74. The smallest absolute Gasteiger partial charge is 0.369 e. The number of alkyl halides is 3. The summed E-state index contributed by atoms with van der Waals surface area (Å²) < 4.78 is 39.3. The van der Waals surface area contributed by atoms with Gasteiger partial charge in [0.1, 0.15) is 5.69 Å². The number of amides is 1. The molecule has 1 unspecified atom stereocenters. The molecule has 1 aliphatic heterocycles. The molecule has 1 aliphatic rings. The predicted molar refractivity (Wildman–Crippen MR) is 136 cm³/mol. The Morgan fingerprint density at radius 2 is 1.68 bits per heavy atom. The number of rotatable bonds is 6. The fourth-order valence-electron chi connectivity index (χ4n) is 4.74. The lowest BCUT2D eigenvalue weighted by molar-refractivity contribution is -0.141. The lowest BCUT2D eigenvalue weighted by atomic mass is 10.0. The molecule has 0 aliphatic carbocycles. The zero-order valence-corrected chi connectivity index (χ0v) is 20.0. The van der Waals surface area contributed by atoms with Crippen LogP contribution in [0.3, 0.4) is 0 Å². The van der Waals surface area contributed by atoms with Crippen LogP contribution in [0.5, 0.6) is 0 Å². The summed E-state index contributed by atoms with van der Waals surface area (Å²) in [5.41, 5.74) is 2.05. The molecule has 1 N–H and O–H groups in total. The Morgan fingerprint density at radius 3 is 2.38 bits per heavy atom. The summed E-state index contributed by atoms with van der Waals surface area (Å²) in [6, 6.07) is 21.2. The summed E-state index contributed by atoms with van der Waals surface area (Å²) in [6.07, 6.45) is -1.57. The van der Waals surface area contributed by atoms with Crippen molar-refractivity contribution in [2.24, 2.45) is 0 Å². The van der Waals surface area contributed by atoms with Crippen molar-refractivity contribution in [1.29, 1.82) is 0 Å². The van der Waals surface area contributed by atoms with Crippen LogP contribution in [0.4, 0.5) is 18.9 Å². The molecular formula is C28H26F3N5O. The lowest BCUT2D eigenvalue weighted by Gasteiger charge is -2.40. The van der Waals surface area contributed by atoms with Gasteiger partial charge in [0.25, 0.3) is 5.91 Å². The molecule has 190 valence electrons. The number of hydrogen-bond donors (Lipinski definition) is 1. The van der Waals surface area contributed by atoms with Gasteiger partial charge in [-0.25, -0.2) is 0 Å². The number of carbonyl (C=O) groups excluding carboxylic acids is 1. The first-order chi connectivity index (χ1) is 17.9. The van der Waals surface area contributed by atoms with Gasteiger partial charge in [0.2, 0.25) is 0 Å². The molecule has 6 nitrogen and oxygen atoms in total. The molecule has 0 spiro atoms. The first-order valence-electron chi connectivity index (χ1n) is 12.1. The number of anilines is 1. The number of halogens is 3. The Balaban J connectivity index is 1.35. The third kappa shape index (κ3) is 5.56. The highest BCUT2D eigenvalue weighted by Crippen LogP contribution is 2.30. The highest BCUT2D eigenvalue weighted by Gasteiger charge is 2.33. The standard InChI is InChI=1S/C28H26F3N5O/c29-28(30,31)26-12-11-20(18-33-26)25(36-16-14-35(15-17-36)21-6-2-1-3-7-21)19-34-27(37)23-8-4-10-24-22(23)9-5-13-32-24/h1-13,18,25H,14-17,19H2,(H,34,37). The van der Waals surface area contributed by atoms with E-state index in [0.29, 0.717) is 24.2 Å². The van der Waals surface area contributed by atoms with E-state index in [-0.39, 0.29) is 18.5 Å². The van der Waals surface area contributed by atoms with Crippen molar-refractivity contribution in [2.45, 2.75) is 12.2 Å². The van der Waals surface area contributed by atoms with Crippen LogP contribution in [0.15, 0.2) is 85.2 Å². The van der Waals surface area contributed by atoms with E-state index in [2.05, 4.69) is 37.2 Å². The number of benzene rings is 2. The molecule has 1 amide bonds. The van der Waals surface area contributed by atoms with Gasteiger partial charge in [-0.3, -0.25) is 19.7 Å². The largest absolute Gasteiger partial charge is 0.433 e. The summed E-state index contributed by atoms with van der Waals surface area (Å²) in [7, 11) is 0. The summed E-state index contributed by atoms with van der Waals surface area (Å²) in [4.78, 5) is 25.6. The number of nitrogens with zero attached hydrogens (tertiary/aromatic N) is 4. The SMILES string of the molecule is O=C(NCC(c1ccc(C(F)(F)F)nc1)N1CCN(c2ccccc2)CC1)c1cccc2ncccc12. The molecule has 9 heteroatoms. The van der Waals surface area contributed by atoms with E-state index in [9.17, 15) is 18.0 Å². The second-order valence-electron chi connectivity index (χ2n) is 8.93. The molecule has 0 bridgehead atoms. The molecular weight excluding hydrogens is 479 g/mol. The number of fused-ring (bicyclic) bond motifs is 1. The monoisotopic (exact) mass is 505 g/mol. The molecule has 4 aromatic rings. The van der Waals surface area contributed by atoms with E-state index >= 15 is 0 Å². The average Bonchev–Trinajstić information content (AvgIpc) is 2.93. The van der Waals surface area contributed by atoms with Crippen LogP contribution in [0.2, 0.25) is 0 Å². The maximum absolute atomic E-state index is 13.2. The van der Waals surface area contributed by atoms with E-state index in [1.807, 2.05) is 30.3 Å². The molecule has 2 aromatic carbocycles. The highest BCUT2D eigenvalue weighted by atomic mass is 19.4.